The van der Waals surface area contributed by atoms with Gasteiger partial charge in [-0.15, -0.1) is 0 Å². The van der Waals surface area contributed by atoms with Gasteiger partial charge < -0.3 is 0 Å². The minimum atomic E-state index is 0.0482. The summed E-state index contributed by atoms with van der Waals surface area (Å²) in [5.74, 6) is 0.975. The molecule has 6 aromatic rings. The Morgan fingerprint density at radius 2 is 1.29 bits per heavy atom. The molecular formula is C36H30N2. The lowest BCUT2D eigenvalue weighted by Crippen LogP contribution is -2.20. The van der Waals surface area contributed by atoms with Gasteiger partial charge in [-0.2, -0.15) is 0 Å². The van der Waals surface area contributed by atoms with Crippen LogP contribution in [-0.2, 0) is 5.41 Å². The molecule has 0 radical (unpaired) electrons. The van der Waals surface area contributed by atoms with Gasteiger partial charge in [0.25, 0.3) is 0 Å². The highest BCUT2D eigenvalue weighted by molar-refractivity contribution is 5.87. The highest BCUT2D eigenvalue weighted by Gasteiger charge is 2.38. The van der Waals surface area contributed by atoms with E-state index in [2.05, 4.69) is 140 Å². The maximum absolute atomic E-state index is 5.16. The van der Waals surface area contributed by atoms with Crippen molar-refractivity contribution in [3.05, 3.63) is 132 Å². The summed E-state index contributed by atoms with van der Waals surface area (Å²) in [6, 6.07) is 43.7. The van der Waals surface area contributed by atoms with Gasteiger partial charge in [-0.3, -0.25) is 4.57 Å². The molecule has 7 rings (SSSR count). The van der Waals surface area contributed by atoms with E-state index in [9.17, 15) is 0 Å². The van der Waals surface area contributed by atoms with Crippen LogP contribution in [0.2, 0.25) is 0 Å². The fourth-order valence-corrected chi connectivity index (χ4v) is 6.42. The van der Waals surface area contributed by atoms with E-state index < -0.39 is 0 Å². The Balaban J connectivity index is 1.40. The second-order valence-electron chi connectivity index (χ2n) is 10.6. The van der Waals surface area contributed by atoms with Crippen molar-refractivity contribution in [2.45, 2.75) is 32.1 Å². The van der Waals surface area contributed by atoms with Gasteiger partial charge >= 0.3 is 0 Å². The van der Waals surface area contributed by atoms with Crippen molar-refractivity contribution in [1.29, 1.82) is 0 Å². The monoisotopic (exact) mass is 490 g/mol. The number of benzene rings is 5. The van der Waals surface area contributed by atoms with Gasteiger partial charge in [0.1, 0.15) is 5.82 Å². The molecule has 1 aliphatic rings. The first-order valence-electron chi connectivity index (χ1n) is 13.6. The third-order valence-corrected chi connectivity index (χ3v) is 8.23. The third kappa shape index (κ3) is 3.44. The van der Waals surface area contributed by atoms with E-state index in [1.807, 2.05) is 0 Å². The Morgan fingerprint density at radius 1 is 0.632 bits per heavy atom. The van der Waals surface area contributed by atoms with E-state index in [0.717, 1.165) is 41.0 Å². The Labute approximate surface area is 224 Å². The molecule has 0 spiro atoms. The Hall–Kier alpha value is -4.43. The molecule has 1 aliphatic carbocycles. The van der Waals surface area contributed by atoms with Crippen molar-refractivity contribution in [2.75, 3.05) is 0 Å². The predicted octanol–water partition coefficient (Wildman–Crippen LogP) is 9.45. The van der Waals surface area contributed by atoms with Gasteiger partial charge in [0.2, 0.25) is 0 Å². The minimum Gasteiger partial charge on any atom is -0.292 e. The van der Waals surface area contributed by atoms with Crippen molar-refractivity contribution in [2.24, 2.45) is 0 Å². The SMILES string of the molecule is CCCC1(C)c2ccccc2-c2cc(-c3nc4ccccc4n3-c3ccc(-c4ccccc4)cc3)ccc21. The van der Waals surface area contributed by atoms with Crippen LogP contribution >= 0.6 is 0 Å². The average molecular weight is 491 g/mol. The molecule has 2 nitrogen and oxygen atoms in total. The van der Waals surface area contributed by atoms with Gasteiger partial charge in [-0.25, -0.2) is 4.98 Å². The molecule has 38 heavy (non-hydrogen) atoms. The lowest BCUT2D eigenvalue weighted by atomic mass is 9.76. The van der Waals surface area contributed by atoms with Crippen LogP contribution in [0.5, 0.6) is 0 Å². The average Bonchev–Trinajstić information content (AvgIpc) is 3.48. The van der Waals surface area contributed by atoms with Crippen LogP contribution in [0, 0.1) is 0 Å². The molecule has 0 saturated carbocycles. The van der Waals surface area contributed by atoms with Crippen LogP contribution in [0.25, 0.3) is 50.4 Å². The summed E-state index contributed by atoms with van der Waals surface area (Å²) >= 11 is 0. The smallest absolute Gasteiger partial charge is 0.145 e. The van der Waals surface area contributed by atoms with Crippen molar-refractivity contribution in [3.8, 4) is 39.3 Å². The standard InChI is InChI=1S/C36H30N2/c1-3-23-36(2)31-14-8-7-13-29(31)30-24-27(19-22-32(30)36)35-37-33-15-9-10-16-34(33)38(35)28-20-17-26(18-21-28)25-11-5-4-6-12-25/h4-22,24H,3,23H2,1-2H3. The molecule has 0 aliphatic heterocycles. The first-order valence-corrected chi connectivity index (χ1v) is 13.6. The van der Waals surface area contributed by atoms with Gasteiger partial charge in [-0.1, -0.05) is 111 Å². The molecule has 1 aromatic heterocycles. The number of nitrogens with zero attached hydrogens (tertiary/aromatic N) is 2. The molecule has 2 heteroatoms. The highest BCUT2D eigenvalue weighted by Crippen LogP contribution is 2.52. The first kappa shape index (κ1) is 22.7. The van der Waals surface area contributed by atoms with Gasteiger partial charge in [-0.05, 0) is 70.1 Å². The Bertz CT molecular complexity index is 1780. The second kappa shape index (κ2) is 8.85. The molecule has 0 amide bonds. The molecule has 1 atom stereocenters. The summed E-state index contributed by atoms with van der Waals surface area (Å²) < 4.78 is 2.30. The molecule has 5 aromatic carbocycles. The highest BCUT2D eigenvalue weighted by atomic mass is 15.1. The van der Waals surface area contributed by atoms with Gasteiger partial charge in [0.05, 0.1) is 11.0 Å². The van der Waals surface area contributed by atoms with Crippen molar-refractivity contribution in [1.82, 2.24) is 9.55 Å². The van der Waals surface area contributed by atoms with Crippen LogP contribution in [0.4, 0.5) is 0 Å². The number of imidazole rings is 1. The van der Waals surface area contributed by atoms with E-state index in [1.165, 1.54) is 33.4 Å². The van der Waals surface area contributed by atoms with E-state index in [0.29, 0.717) is 0 Å². The maximum atomic E-state index is 5.16. The van der Waals surface area contributed by atoms with Crippen LogP contribution < -0.4 is 0 Å². The zero-order chi connectivity index (χ0) is 25.7. The molecule has 0 saturated heterocycles. The topological polar surface area (TPSA) is 17.8 Å². The number of fused-ring (bicyclic) bond motifs is 4. The van der Waals surface area contributed by atoms with Crippen molar-refractivity contribution < 1.29 is 0 Å². The van der Waals surface area contributed by atoms with E-state index in [4.69, 9.17) is 4.98 Å². The fraction of sp³-hybridized carbons (Fsp3) is 0.139. The summed E-state index contributed by atoms with van der Waals surface area (Å²) in [7, 11) is 0. The third-order valence-electron chi connectivity index (χ3n) is 8.23. The molecule has 1 heterocycles. The number of rotatable bonds is 5. The number of para-hydroxylation sites is 2. The fourth-order valence-electron chi connectivity index (χ4n) is 6.42. The van der Waals surface area contributed by atoms with Gasteiger partial charge in [0, 0.05) is 16.7 Å². The van der Waals surface area contributed by atoms with Gasteiger partial charge in [0.15, 0.2) is 0 Å². The van der Waals surface area contributed by atoms with Crippen LogP contribution in [0.15, 0.2) is 121 Å². The van der Waals surface area contributed by atoms with E-state index >= 15 is 0 Å². The molecule has 184 valence electrons. The van der Waals surface area contributed by atoms with E-state index in [-0.39, 0.29) is 5.41 Å². The number of hydrogen-bond acceptors (Lipinski definition) is 1. The van der Waals surface area contributed by atoms with Crippen LogP contribution in [0.3, 0.4) is 0 Å². The lowest BCUT2D eigenvalue weighted by molar-refractivity contribution is 0.524. The Morgan fingerprint density at radius 3 is 2.11 bits per heavy atom. The predicted molar refractivity (Wildman–Crippen MR) is 159 cm³/mol. The van der Waals surface area contributed by atoms with Crippen molar-refractivity contribution in [3.63, 3.8) is 0 Å². The van der Waals surface area contributed by atoms with Crippen LogP contribution in [0.1, 0.15) is 37.8 Å². The summed E-state index contributed by atoms with van der Waals surface area (Å²) in [5.41, 5.74) is 12.4. The van der Waals surface area contributed by atoms with E-state index in [1.54, 1.807) is 0 Å². The first-order chi connectivity index (χ1) is 18.7. The van der Waals surface area contributed by atoms with Crippen molar-refractivity contribution >= 4 is 11.0 Å². The normalized spacial score (nSPS) is 15.9. The Kier molecular flexibility index (Phi) is 5.30. The summed E-state index contributed by atoms with van der Waals surface area (Å²) in [5, 5.41) is 0. The molecular weight excluding hydrogens is 460 g/mol. The summed E-state index contributed by atoms with van der Waals surface area (Å²) in [6.45, 7) is 4.69. The molecule has 1 unspecified atom stereocenters. The minimum absolute atomic E-state index is 0.0482. The van der Waals surface area contributed by atoms with Crippen LogP contribution in [-0.4, -0.2) is 9.55 Å². The second-order valence-corrected chi connectivity index (χ2v) is 10.6. The maximum Gasteiger partial charge on any atom is 0.145 e. The summed E-state index contributed by atoms with van der Waals surface area (Å²) in [6.07, 6.45) is 2.30. The summed E-state index contributed by atoms with van der Waals surface area (Å²) in [4.78, 5) is 5.16. The molecule has 0 fully saturated rings. The zero-order valence-corrected chi connectivity index (χ0v) is 21.9. The lowest BCUT2D eigenvalue weighted by Gasteiger charge is -2.27. The zero-order valence-electron chi connectivity index (χ0n) is 21.9. The number of aromatic nitrogens is 2. The number of hydrogen-bond donors (Lipinski definition) is 0. The molecule has 0 N–H and O–H groups in total. The molecule has 0 bridgehead atoms. The largest absolute Gasteiger partial charge is 0.292 e. The quantitative estimate of drug-likeness (QED) is 0.235.